The van der Waals surface area contributed by atoms with E-state index < -0.39 is 11.7 Å². The Hall–Kier alpha value is -1.62. The van der Waals surface area contributed by atoms with E-state index in [-0.39, 0.29) is 23.5 Å². The standard InChI is InChI=1S/C14H18FNO3/c1-19-12-8-3-2-6-10(12)16-14(18)13-9(15)5-4-7-11(13)17/h4-5,7,10,12,17H,2-3,6,8H2,1H3,(H,16,18)/t10-,12+/m0/s1. The van der Waals surface area contributed by atoms with Crippen LogP contribution in [0.15, 0.2) is 18.2 Å². The molecule has 0 unspecified atom stereocenters. The minimum atomic E-state index is -0.720. The highest BCUT2D eigenvalue weighted by molar-refractivity contribution is 5.97. The molecule has 4 nitrogen and oxygen atoms in total. The number of hydrogen-bond acceptors (Lipinski definition) is 3. The molecule has 1 saturated carbocycles. The molecule has 1 aliphatic carbocycles. The predicted molar refractivity (Wildman–Crippen MR) is 68.6 cm³/mol. The Morgan fingerprint density at radius 1 is 1.42 bits per heavy atom. The molecule has 2 N–H and O–H groups in total. The zero-order valence-corrected chi connectivity index (χ0v) is 10.9. The summed E-state index contributed by atoms with van der Waals surface area (Å²) in [6.07, 6.45) is 3.71. The summed E-state index contributed by atoms with van der Waals surface area (Å²) in [6.45, 7) is 0. The lowest BCUT2D eigenvalue weighted by molar-refractivity contribution is 0.0391. The highest BCUT2D eigenvalue weighted by Gasteiger charge is 2.28. The number of methoxy groups -OCH3 is 1. The Balaban J connectivity index is 2.12. The van der Waals surface area contributed by atoms with Gasteiger partial charge in [0.25, 0.3) is 5.91 Å². The molecule has 0 saturated heterocycles. The molecular formula is C14H18FNO3. The van der Waals surface area contributed by atoms with Crippen LogP contribution in [0.5, 0.6) is 5.75 Å². The number of carbonyl (C=O) groups is 1. The van der Waals surface area contributed by atoms with Gasteiger partial charge in [-0.15, -0.1) is 0 Å². The van der Waals surface area contributed by atoms with E-state index in [0.29, 0.717) is 0 Å². The van der Waals surface area contributed by atoms with Crippen molar-refractivity contribution in [2.75, 3.05) is 7.11 Å². The minimum absolute atomic E-state index is 0.0494. The summed E-state index contributed by atoms with van der Waals surface area (Å²) >= 11 is 0. The number of rotatable bonds is 3. The first kappa shape index (κ1) is 13.8. The number of phenolic OH excluding ortho intramolecular Hbond substituents is 1. The van der Waals surface area contributed by atoms with E-state index >= 15 is 0 Å². The number of ether oxygens (including phenoxy) is 1. The molecule has 1 amide bonds. The molecule has 5 heteroatoms. The van der Waals surface area contributed by atoms with E-state index in [1.165, 1.54) is 12.1 Å². The van der Waals surface area contributed by atoms with Gasteiger partial charge in [-0.05, 0) is 25.0 Å². The monoisotopic (exact) mass is 267 g/mol. The van der Waals surface area contributed by atoms with Crippen LogP contribution < -0.4 is 5.32 Å². The summed E-state index contributed by atoms with van der Waals surface area (Å²) in [5.41, 5.74) is -0.303. The van der Waals surface area contributed by atoms with Gasteiger partial charge in [-0.3, -0.25) is 4.79 Å². The van der Waals surface area contributed by atoms with E-state index in [0.717, 1.165) is 31.7 Å². The van der Waals surface area contributed by atoms with E-state index in [1.807, 2.05) is 0 Å². The highest BCUT2D eigenvalue weighted by atomic mass is 19.1. The second-order valence-electron chi connectivity index (χ2n) is 4.77. The van der Waals surface area contributed by atoms with Crippen molar-refractivity contribution in [2.45, 2.75) is 37.8 Å². The van der Waals surface area contributed by atoms with Crippen LogP contribution in [0.4, 0.5) is 4.39 Å². The van der Waals surface area contributed by atoms with Gasteiger partial charge >= 0.3 is 0 Å². The molecule has 0 spiro atoms. The lowest BCUT2D eigenvalue weighted by atomic mass is 9.92. The molecule has 1 aromatic carbocycles. The van der Waals surface area contributed by atoms with Crippen molar-refractivity contribution in [1.29, 1.82) is 0 Å². The van der Waals surface area contributed by atoms with Crippen molar-refractivity contribution in [1.82, 2.24) is 5.32 Å². The van der Waals surface area contributed by atoms with Gasteiger partial charge in [-0.2, -0.15) is 0 Å². The summed E-state index contributed by atoms with van der Waals surface area (Å²) in [6, 6.07) is 3.68. The van der Waals surface area contributed by atoms with Crippen LogP contribution in [0.1, 0.15) is 36.0 Å². The maximum atomic E-state index is 13.6. The number of phenols is 1. The van der Waals surface area contributed by atoms with E-state index in [4.69, 9.17) is 4.74 Å². The maximum Gasteiger partial charge on any atom is 0.258 e. The molecule has 2 rings (SSSR count). The Morgan fingerprint density at radius 3 is 2.84 bits per heavy atom. The number of hydrogen-bond donors (Lipinski definition) is 2. The molecule has 0 aromatic heterocycles. The molecule has 2 atom stereocenters. The lowest BCUT2D eigenvalue weighted by Gasteiger charge is -2.31. The number of carbonyl (C=O) groups excluding carboxylic acids is 1. The van der Waals surface area contributed by atoms with Gasteiger partial charge in [0, 0.05) is 7.11 Å². The Labute approximate surface area is 111 Å². The van der Waals surface area contributed by atoms with Gasteiger partial charge in [0.15, 0.2) is 0 Å². The zero-order chi connectivity index (χ0) is 13.8. The third-order valence-corrected chi connectivity index (χ3v) is 3.54. The van der Waals surface area contributed by atoms with Crippen LogP contribution in [-0.4, -0.2) is 30.3 Å². The van der Waals surface area contributed by atoms with Crippen LogP contribution in [0.2, 0.25) is 0 Å². The Bertz CT molecular complexity index is 444. The second kappa shape index (κ2) is 6.02. The van der Waals surface area contributed by atoms with Crippen molar-refractivity contribution < 1.29 is 19.0 Å². The Morgan fingerprint density at radius 2 is 2.16 bits per heavy atom. The smallest absolute Gasteiger partial charge is 0.258 e. The van der Waals surface area contributed by atoms with Gasteiger partial charge in [0.1, 0.15) is 17.1 Å². The van der Waals surface area contributed by atoms with Crippen LogP contribution in [0, 0.1) is 5.82 Å². The third-order valence-electron chi connectivity index (χ3n) is 3.54. The van der Waals surface area contributed by atoms with Crippen LogP contribution in [0.25, 0.3) is 0 Å². The summed E-state index contributed by atoms with van der Waals surface area (Å²) in [5.74, 6) is -1.66. The largest absolute Gasteiger partial charge is 0.507 e. The molecule has 1 fully saturated rings. The Kier molecular flexibility index (Phi) is 4.37. The van der Waals surface area contributed by atoms with Gasteiger partial charge in [0.05, 0.1) is 12.1 Å². The third kappa shape index (κ3) is 3.04. The number of amides is 1. The molecule has 1 aliphatic rings. The summed E-state index contributed by atoms with van der Waals surface area (Å²) in [7, 11) is 1.61. The average molecular weight is 267 g/mol. The quantitative estimate of drug-likeness (QED) is 0.882. The zero-order valence-electron chi connectivity index (χ0n) is 10.9. The van der Waals surface area contributed by atoms with Gasteiger partial charge < -0.3 is 15.2 Å². The van der Waals surface area contributed by atoms with Gasteiger partial charge in [-0.25, -0.2) is 4.39 Å². The van der Waals surface area contributed by atoms with Crippen molar-refractivity contribution in [3.63, 3.8) is 0 Å². The topological polar surface area (TPSA) is 58.6 Å². The molecule has 19 heavy (non-hydrogen) atoms. The fourth-order valence-corrected chi connectivity index (χ4v) is 2.52. The average Bonchev–Trinajstić information content (AvgIpc) is 2.39. The van der Waals surface area contributed by atoms with E-state index in [2.05, 4.69) is 5.32 Å². The van der Waals surface area contributed by atoms with Crippen molar-refractivity contribution in [2.24, 2.45) is 0 Å². The molecular weight excluding hydrogens is 249 g/mol. The summed E-state index contributed by atoms with van der Waals surface area (Å²) in [5, 5.41) is 12.3. The number of benzene rings is 1. The number of nitrogens with one attached hydrogen (secondary N) is 1. The molecule has 1 aromatic rings. The normalized spacial score (nSPS) is 23.1. The predicted octanol–water partition coefficient (Wildman–Crippen LogP) is 2.22. The van der Waals surface area contributed by atoms with E-state index in [1.54, 1.807) is 7.11 Å². The fourth-order valence-electron chi connectivity index (χ4n) is 2.52. The van der Waals surface area contributed by atoms with Crippen molar-refractivity contribution >= 4 is 5.91 Å². The molecule has 0 aliphatic heterocycles. The molecule has 104 valence electrons. The van der Waals surface area contributed by atoms with Crippen LogP contribution >= 0.6 is 0 Å². The van der Waals surface area contributed by atoms with Crippen LogP contribution in [0.3, 0.4) is 0 Å². The number of halogens is 1. The lowest BCUT2D eigenvalue weighted by Crippen LogP contribution is -2.46. The first-order valence-corrected chi connectivity index (χ1v) is 6.44. The molecule has 0 radical (unpaired) electrons. The first-order chi connectivity index (χ1) is 9.13. The second-order valence-corrected chi connectivity index (χ2v) is 4.77. The molecule has 0 heterocycles. The number of aromatic hydroxyl groups is 1. The SMILES string of the molecule is CO[C@@H]1CCCC[C@@H]1NC(=O)c1c(O)cccc1F. The van der Waals surface area contributed by atoms with Crippen molar-refractivity contribution in [3.8, 4) is 5.75 Å². The maximum absolute atomic E-state index is 13.6. The van der Waals surface area contributed by atoms with E-state index in [9.17, 15) is 14.3 Å². The highest BCUT2D eigenvalue weighted by Crippen LogP contribution is 2.23. The fraction of sp³-hybridized carbons (Fsp3) is 0.500. The van der Waals surface area contributed by atoms with Gasteiger partial charge in [0.2, 0.25) is 0 Å². The first-order valence-electron chi connectivity index (χ1n) is 6.44. The van der Waals surface area contributed by atoms with Crippen LogP contribution in [-0.2, 0) is 4.74 Å². The molecule has 0 bridgehead atoms. The minimum Gasteiger partial charge on any atom is -0.507 e. The van der Waals surface area contributed by atoms with Gasteiger partial charge in [-0.1, -0.05) is 18.9 Å². The summed E-state index contributed by atoms with van der Waals surface area (Å²) in [4.78, 5) is 12.0. The summed E-state index contributed by atoms with van der Waals surface area (Å²) < 4.78 is 18.9. The van der Waals surface area contributed by atoms with Crippen molar-refractivity contribution in [3.05, 3.63) is 29.6 Å².